The normalized spacial score (nSPS) is 22.0. The average molecular weight is 661 g/mol. The molecule has 2 fully saturated rings. The van der Waals surface area contributed by atoms with Crippen LogP contribution >= 0.6 is 0 Å². The third-order valence-corrected chi connectivity index (χ3v) is 11.1. The van der Waals surface area contributed by atoms with E-state index in [-0.39, 0.29) is 0 Å². The van der Waals surface area contributed by atoms with Crippen molar-refractivity contribution in [1.82, 2.24) is 40.4 Å². The van der Waals surface area contributed by atoms with Crippen molar-refractivity contribution in [3.8, 4) is 0 Å². The van der Waals surface area contributed by atoms with Gasteiger partial charge >= 0.3 is 0 Å². The molecule has 4 aromatic heterocycles. The van der Waals surface area contributed by atoms with Gasteiger partial charge < -0.3 is 30.6 Å². The molecule has 2 aliphatic heterocycles. The third kappa shape index (κ3) is 5.51. The molecule has 6 N–H and O–H groups in total. The van der Waals surface area contributed by atoms with Gasteiger partial charge in [0.05, 0.1) is 0 Å². The Labute approximate surface area is 291 Å². The zero-order chi connectivity index (χ0) is 33.6. The first-order valence-electron chi connectivity index (χ1n) is 17.7. The van der Waals surface area contributed by atoms with Gasteiger partial charge in [-0.25, -0.2) is 0 Å². The molecular weight excluding hydrogens is 617 g/mol. The van der Waals surface area contributed by atoms with E-state index in [1.165, 1.54) is 65.9 Å². The number of H-pyrrole nitrogens is 4. The summed E-state index contributed by atoms with van der Waals surface area (Å²) in [4.78, 5) is 18.6. The summed E-state index contributed by atoms with van der Waals surface area (Å²) < 4.78 is 0. The number of nitrogens with one attached hydrogen (secondary N) is 6. The number of hydrogen-bond acceptors (Lipinski definition) is 4. The molecule has 0 aliphatic carbocycles. The van der Waals surface area contributed by atoms with Gasteiger partial charge in [-0.3, -0.25) is 9.80 Å². The second-order valence-corrected chi connectivity index (χ2v) is 14.0. The number of hydrogen-bond donors (Lipinski definition) is 6. The van der Waals surface area contributed by atoms with Gasteiger partial charge in [0, 0.05) is 119 Å². The highest BCUT2D eigenvalue weighted by molar-refractivity contribution is 5.86. The monoisotopic (exact) mass is 660 g/mol. The average Bonchev–Trinajstić information content (AvgIpc) is 3.97. The summed E-state index contributed by atoms with van der Waals surface area (Å²) in [7, 11) is 4.50. The molecule has 8 aromatic rings. The standard InChI is InChI=1S/C22H24N4.C20H20N4/c1-25-13-22(18-12-24-20-10-6-4-8-16(18)20)26(2)14-21(25)17-11-23-19-9-5-3-7-15(17)19;1-3-7-17-13(5-1)15(9-21-17)19-11-24-20(12-23-19)16-10-22-18-8-4-2-6-14(16)18/h3-12,21-24H,13-14H2,1-2H3;1-10,19-24H,11-12H2/t21-,22?;19-,20?/m00/s1. The van der Waals surface area contributed by atoms with Crippen molar-refractivity contribution in [3.05, 3.63) is 144 Å². The van der Waals surface area contributed by atoms with Crippen molar-refractivity contribution in [2.24, 2.45) is 0 Å². The van der Waals surface area contributed by atoms with E-state index in [4.69, 9.17) is 0 Å². The Bertz CT molecular complexity index is 2220. The minimum Gasteiger partial charge on any atom is -0.361 e. The van der Waals surface area contributed by atoms with Gasteiger partial charge in [-0.1, -0.05) is 72.8 Å². The first-order valence-corrected chi connectivity index (χ1v) is 17.7. The minimum absolute atomic E-state index is 0.336. The maximum Gasteiger partial charge on any atom is 0.0494 e. The van der Waals surface area contributed by atoms with Gasteiger partial charge in [0.2, 0.25) is 0 Å². The molecule has 8 nitrogen and oxygen atoms in total. The van der Waals surface area contributed by atoms with E-state index in [0.717, 1.165) is 26.2 Å². The first-order chi connectivity index (χ1) is 24.6. The summed E-state index contributed by atoms with van der Waals surface area (Å²) in [5.41, 5.74) is 10.3. The Kier molecular flexibility index (Phi) is 8.01. The highest BCUT2D eigenvalue weighted by Crippen LogP contribution is 2.37. The van der Waals surface area contributed by atoms with Crippen LogP contribution < -0.4 is 10.6 Å². The molecule has 0 saturated carbocycles. The van der Waals surface area contributed by atoms with Crippen molar-refractivity contribution in [2.45, 2.75) is 24.2 Å². The van der Waals surface area contributed by atoms with Crippen molar-refractivity contribution >= 4 is 43.6 Å². The van der Waals surface area contributed by atoms with Crippen LogP contribution in [0.25, 0.3) is 43.6 Å². The van der Waals surface area contributed by atoms with E-state index in [0.29, 0.717) is 24.2 Å². The topological polar surface area (TPSA) is 93.7 Å². The van der Waals surface area contributed by atoms with Gasteiger partial charge in [-0.2, -0.15) is 0 Å². The van der Waals surface area contributed by atoms with Crippen LogP contribution in [0.5, 0.6) is 0 Å². The molecule has 2 unspecified atom stereocenters. The molecular formula is C42H44N8. The summed E-state index contributed by atoms with van der Waals surface area (Å²) in [5.74, 6) is 0. The highest BCUT2D eigenvalue weighted by atomic mass is 15.3. The second-order valence-electron chi connectivity index (χ2n) is 14.0. The van der Waals surface area contributed by atoms with Crippen LogP contribution in [0.2, 0.25) is 0 Å². The molecule has 4 atom stereocenters. The fraction of sp³-hybridized carbons (Fsp3) is 0.238. The van der Waals surface area contributed by atoms with Crippen molar-refractivity contribution < 1.29 is 0 Å². The molecule has 10 rings (SSSR count). The number of benzene rings is 4. The Hall–Kier alpha value is -5.12. The summed E-state index contributed by atoms with van der Waals surface area (Å²) >= 11 is 0. The number of aromatic nitrogens is 4. The predicted octanol–water partition coefficient (Wildman–Crippen LogP) is 7.93. The van der Waals surface area contributed by atoms with Gasteiger partial charge in [0.15, 0.2) is 0 Å². The lowest BCUT2D eigenvalue weighted by molar-refractivity contribution is 0.0636. The van der Waals surface area contributed by atoms with Gasteiger partial charge in [0.25, 0.3) is 0 Å². The fourth-order valence-corrected chi connectivity index (χ4v) is 8.36. The molecule has 0 amide bonds. The van der Waals surface area contributed by atoms with Crippen molar-refractivity contribution in [2.75, 3.05) is 40.3 Å². The molecule has 8 heteroatoms. The largest absolute Gasteiger partial charge is 0.361 e. The summed E-state index contributed by atoms with van der Waals surface area (Å²) in [6, 6.07) is 35.6. The molecule has 6 heterocycles. The lowest BCUT2D eigenvalue weighted by atomic mass is 9.96. The predicted molar refractivity (Wildman–Crippen MR) is 205 cm³/mol. The fourth-order valence-electron chi connectivity index (χ4n) is 8.36. The van der Waals surface area contributed by atoms with Crippen LogP contribution in [0.1, 0.15) is 46.4 Å². The number of piperazine rings is 2. The summed E-state index contributed by atoms with van der Waals surface area (Å²) in [6.07, 6.45) is 8.64. The third-order valence-electron chi connectivity index (χ3n) is 11.1. The molecule has 2 saturated heterocycles. The number of rotatable bonds is 4. The molecule has 0 radical (unpaired) electrons. The van der Waals surface area contributed by atoms with E-state index in [2.05, 4.69) is 176 Å². The molecule has 4 aromatic carbocycles. The maximum atomic E-state index is 3.72. The van der Waals surface area contributed by atoms with E-state index >= 15 is 0 Å². The zero-order valence-corrected chi connectivity index (χ0v) is 28.6. The highest BCUT2D eigenvalue weighted by Gasteiger charge is 2.33. The zero-order valence-electron chi connectivity index (χ0n) is 28.6. The SMILES string of the molecule is CN1C[C@@H](c2c[nH]c3ccccc23)N(C)CC1c1c[nH]c2ccccc12.c1ccc2c(C3CN[C@H](c4c[nH]c5ccccc45)CN3)c[nH]c2c1. The molecule has 50 heavy (non-hydrogen) atoms. The van der Waals surface area contributed by atoms with Crippen LogP contribution in [-0.2, 0) is 0 Å². The van der Waals surface area contributed by atoms with Crippen molar-refractivity contribution in [3.63, 3.8) is 0 Å². The Balaban J connectivity index is 0.000000135. The summed E-state index contributed by atoms with van der Waals surface area (Å²) in [6.45, 7) is 3.88. The van der Waals surface area contributed by atoms with Crippen molar-refractivity contribution in [1.29, 1.82) is 0 Å². The lowest BCUT2D eigenvalue weighted by Crippen LogP contribution is -2.46. The number of likely N-dealkylation sites (N-methyl/N-ethyl adjacent to an activating group) is 2. The quantitative estimate of drug-likeness (QED) is 0.116. The van der Waals surface area contributed by atoms with Gasteiger partial charge in [-0.05, 0) is 60.6 Å². The van der Waals surface area contributed by atoms with Gasteiger partial charge in [0.1, 0.15) is 0 Å². The number of fused-ring (bicyclic) bond motifs is 4. The van der Waals surface area contributed by atoms with E-state index in [9.17, 15) is 0 Å². The lowest BCUT2D eigenvalue weighted by Gasteiger charge is -2.43. The Morgan fingerprint density at radius 3 is 1.06 bits per heavy atom. The summed E-state index contributed by atoms with van der Waals surface area (Å²) in [5, 5.41) is 12.7. The van der Waals surface area contributed by atoms with Gasteiger partial charge in [-0.15, -0.1) is 0 Å². The second kappa shape index (κ2) is 13.0. The number of nitrogens with zero attached hydrogens (tertiary/aromatic N) is 2. The molecule has 2 aliphatic rings. The smallest absolute Gasteiger partial charge is 0.0494 e. The minimum atomic E-state index is 0.336. The first kappa shape index (κ1) is 30.9. The Morgan fingerprint density at radius 1 is 0.420 bits per heavy atom. The van der Waals surface area contributed by atoms with E-state index < -0.39 is 0 Å². The maximum absolute atomic E-state index is 3.72. The number of aromatic amines is 4. The van der Waals surface area contributed by atoms with E-state index in [1.54, 1.807) is 0 Å². The van der Waals surface area contributed by atoms with Crippen LogP contribution in [0.4, 0.5) is 0 Å². The number of para-hydroxylation sites is 4. The van der Waals surface area contributed by atoms with Crippen LogP contribution in [0.15, 0.2) is 122 Å². The van der Waals surface area contributed by atoms with Crippen LogP contribution in [0.3, 0.4) is 0 Å². The van der Waals surface area contributed by atoms with E-state index in [1.807, 2.05) is 0 Å². The van der Waals surface area contributed by atoms with Crippen LogP contribution in [-0.4, -0.2) is 70.0 Å². The molecule has 0 bridgehead atoms. The Morgan fingerprint density at radius 2 is 0.720 bits per heavy atom. The molecule has 0 spiro atoms. The molecule has 252 valence electrons. The van der Waals surface area contributed by atoms with Crippen LogP contribution in [0, 0.1) is 0 Å².